The first kappa shape index (κ1) is 14.6. The van der Waals surface area contributed by atoms with E-state index in [2.05, 4.69) is 37.9 Å². The molecule has 2 aromatic rings. The van der Waals surface area contributed by atoms with Crippen molar-refractivity contribution in [3.8, 4) is 11.5 Å². The van der Waals surface area contributed by atoms with E-state index in [1.54, 1.807) is 0 Å². The highest BCUT2D eigenvalue weighted by atomic mass is 16.5. The highest BCUT2D eigenvalue weighted by Gasteiger charge is 2.07. The fourth-order valence-electron chi connectivity index (χ4n) is 2.31. The third-order valence-corrected chi connectivity index (χ3v) is 3.59. The van der Waals surface area contributed by atoms with Crippen LogP contribution in [-0.4, -0.2) is 35.7 Å². The summed E-state index contributed by atoms with van der Waals surface area (Å²) in [7, 11) is 0. The number of hydrogen-bond acceptors (Lipinski definition) is 6. The van der Waals surface area contributed by atoms with Gasteiger partial charge in [0.25, 0.3) is 5.89 Å². The molecule has 116 valence electrons. The number of nitrogens with zero attached hydrogens (tertiary/aromatic N) is 3. The Morgan fingerprint density at radius 1 is 1.27 bits per heavy atom. The van der Waals surface area contributed by atoms with Gasteiger partial charge in [0.15, 0.2) is 11.8 Å². The molecule has 0 radical (unpaired) electrons. The molecule has 0 bridgehead atoms. The van der Waals surface area contributed by atoms with Crippen molar-refractivity contribution in [2.45, 2.75) is 26.2 Å². The maximum atomic E-state index is 5.24. The summed E-state index contributed by atoms with van der Waals surface area (Å²) in [6.45, 7) is 4.79. The van der Waals surface area contributed by atoms with Crippen LogP contribution in [0.25, 0.3) is 11.5 Å². The molecule has 6 heteroatoms. The molecule has 0 unspecified atom stereocenters. The summed E-state index contributed by atoms with van der Waals surface area (Å²) < 4.78 is 5.24. The lowest BCUT2D eigenvalue weighted by Gasteiger charge is -2.15. The summed E-state index contributed by atoms with van der Waals surface area (Å²) in [5, 5.41) is 10.5. The van der Waals surface area contributed by atoms with E-state index in [9.17, 15) is 0 Å². The maximum absolute atomic E-state index is 5.24. The zero-order chi connectivity index (χ0) is 15.2. The van der Waals surface area contributed by atoms with Crippen LogP contribution in [-0.2, 0) is 12.8 Å². The SMILES string of the molecule is CCc1noc(-c2ccc(CCNC3=NCCCN3)cc2)n1. The van der Waals surface area contributed by atoms with Gasteiger partial charge in [-0.2, -0.15) is 4.98 Å². The zero-order valence-corrected chi connectivity index (χ0v) is 12.8. The minimum absolute atomic E-state index is 0.585. The zero-order valence-electron chi connectivity index (χ0n) is 12.8. The number of hydrogen-bond donors (Lipinski definition) is 2. The second-order valence-electron chi connectivity index (χ2n) is 5.25. The second kappa shape index (κ2) is 7.06. The van der Waals surface area contributed by atoms with Gasteiger partial charge in [0, 0.05) is 31.6 Å². The normalized spacial score (nSPS) is 14.3. The molecule has 0 atom stereocenters. The van der Waals surface area contributed by atoms with E-state index in [1.165, 1.54) is 5.56 Å². The lowest BCUT2D eigenvalue weighted by Crippen LogP contribution is -2.41. The number of aryl methyl sites for hydroxylation is 1. The van der Waals surface area contributed by atoms with Crippen LogP contribution in [0.3, 0.4) is 0 Å². The highest BCUT2D eigenvalue weighted by Crippen LogP contribution is 2.18. The topological polar surface area (TPSA) is 75.3 Å². The van der Waals surface area contributed by atoms with Crippen molar-refractivity contribution in [2.24, 2.45) is 4.99 Å². The van der Waals surface area contributed by atoms with E-state index in [1.807, 2.05) is 19.1 Å². The number of aromatic nitrogens is 2. The first-order chi connectivity index (χ1) is 10.8. The lowest BCUT2D eigenvalue weighted by molar-refractivity contribution is 0.423. The van der Waals surface area contributed by atoms with Gasteiger partial charge >= 0.3 is 0 Å². The molecule has 0 aliphatic carbocycles. The molecule has 2 N–H and O–H groups in total. The first-order valence-electron chi connectivity index (χ1n) is 7.79. The van der Waals surface area contributed by atoms with Crippen LogP contribution in [0.5, 0.6) is 0 Å². The molecular formula is C16H21N5O. The number of rotatable bonds is 5. The van der Waals surface area contributed by atoms with Crippen LogP contribution in [0.2, 0.25) is 0 Å². The van der Waals surface area contributed by atoms with Gasteiger partial charge in [-0.3, -0.25) is 4.99 Å². The molecule has 2 heterocycles. The predicted molar refractivity (Wildman–Crippen MR) is 85.7 cm³/mol. The Labute approximate surface area is 130 Å². The number of nitrogens with one attached hydrogen (secondary N) is 2. The number of guanidine groups is 1. The van der Waals surface area contributed by atoms with Gasteiger partial charge in [-0.15, -0.1) is 0 Å². The van der Waals surface area contributed by atoms with Crippen molar-refractivity contribution in [1.29, 1.82) is 0 Å². The van der Waals surface area contributed by atoms with Crippen LogP contribution in [0, 0.1) is 0 Å². The van der Waals surface area contributed by atoms with E-state index in [0.29, 0.717) is 5.89 Å². The minimum Gasteiger partial charge on any atom is -0.356 e. The average Bonchev–Trinajstić information content (AvgIpc) is 3.06. The molecule has 6 nitrogen and oxygen atoms in total. The summed E-state index contributed by atoms with van der Waals surface area (Å²) in [5.41, 5.74) is 2.23. The Kier molecular flexibility index (Phi) is 4.68. The standard InChI is InChI=1S/C16H21N5O/c1-2-14-20-15(22-21-14)13-6-4-12(5-7-13)8-11-19-16-17-9-3-10-18-16/h4-7H,2-3,8-11H2,1H3,(H2,17,18,19). The molecule has 1 aliphatic rings. The maximum Gasteiger partial charge on any atom is 0.257 e. The van der Waals surface area contributed by atoms with Crippen molar-refractivity contribution in [1.82, 2.24) is 20.8 Å². The molecular weight excluding hydrogens is 278 g/mol. The Morgan fingerprint density at radius 3 is 2.82 bits per heavy atom. The van der Waals surface area contributed by atoms with E-state index < -0.39 is 0 Å². The van der Waals surface area contributed by atoms with Crippen LogP contribution in [0.4, 0.5) is 0 Å². The third-order valence-electron chi connectivity index (χ3n) is 3.59. The monoisotopic (exact) mass is 299 g/mol. The summed E-state index contributed by atoms with van der Waals surface area (Å²) in [5.74, 6) is 2.24. The molecule has 22 heavy (non-hydrogen) atoms. The molecule has 0 saturated heterocycles. The van der Waals surface area contributed by atoms with E-state index in [0.717, 1.165) is 56.2 Å². The predicted octanol–water partition coefficient (Wildman–Crippen LogP) is 1.78. The molecule has 0 saturated carbocycles. The van der Waals surface area contributed by atoms with Gasteiger partial charge in [-0.25, -0.2) is 0 Å². The molecule has 0 amide bonds. The second-order valence-corrected chi connectivity index (χ2v) is 5.25. The fourth-order valence-corrected chi connectivity index (χ4v) is 2.31. The van der Waals surface area contributed by atoms with Gasteiger partial charge in [-0.1, -0.05) is 24.2 Å². The minimum atomic E-state index is 0.585. The van der Waals surface area contributed by atoms with Crippen molar-refractivity contribution < 1.29 is 4.52 Å². The number of aliphatic imine (C=N–C) groups is 1. The van der Waals surface area contributed by atoms with Crippen molar-refractivity contribution >= 4 is 5.96 Å². The van der Waals surface area contributed by atoms with Gasteiger partial charge in [0.2, 0.25) is 0 Å². The Hall–Kier alpha value is -2.37. The molecule has 0 spiro atoms. The van der Waals surface area contributed by atoms with Crippen molar-refractivity contribution in [3.05, 3.63) is 35.7 Å². The van der Waals surface area contributed by atoms with E-state index in [-0.39, 0.29) is 0 Å². The third kappa shape index (κ3) is 3.63. The van der Waals surface area contributed by atoms with Crippen LogP contribution >= 0.6 is 0 Å². The van der Waals surface area contributed by atoms with Crippen molar-refractivity contribution in [2.75, 3.05) is 19.6 Å². The summed E-state index contributed by atoms with van der Waals surface area (Å²) in [6, 6.07) is 8.25. The van der Waals surface area contributed by atoms with Crippen LogP contribution < -0.4 is 10.6 Å². The Bertz CT molecular complexity index is 632. The Balaban J connectivity index is 1.53. The fraction of sp³-hybridized carbons (Fsp3) is 0.438. The molecule has 0 fully saturated rings. The molecule has 3 rings (SSSR count). The smallest absolute Gasteiger partial charge is 0.257 e. The quantitative estimate of drug-likeness (QED) is 0.880. The van der Waals surface area contributed by atoms with E-state index >= 15 is 0 Å². The summed E-state index contributed by atoms with van der Waals surface area (Å²) in [4.78, 5) is 8.73. The first-order valence-corrected chi connectivity index (χ1v) is 7.79. The van der Waals surface area contributed by atoms with Gasteiger partial charge < -0.3 is 15.2 Å². The lowest BCUT2D eigenvalue weighted by atomic mass is 10.1. The van der Waals surface area contributed by atoms with Gasteiger partial charge in [-0.05, 0) is 30.5 Å². The van der Waals surface area contributed by atoms with Crippen LogP contribution in [0.15, 0.2) is 33.8 Å². The molecule has 1 aliphatic heterocycles. The summed E-state index contributed by atoms with van der Waals surface area (Å²) >= 11 is 0. The Morgan fingerprint density at radius 2 is 2.14 bits per heavy atom. The van der Waals surface area contributed by atoms with E-state index in [4.69, 9.17) is 4.52 Å². The molecule has 1 aromatic carbocycles. The largest absolute Gasteiger partial charge is 0.356 e. The van der Waals surface area contributed by atoms with Crippen LogP contribution in [0.1, 0.15) is 24.7 Å². The van der Waals surface area contributed by atoms with Gasteiger partial charge in [0.05, 0.1) is 0 Å². The molecule has 1 aromatic heterocycles. The van der Waals surface area contributed by atoms with Gasteiger partial charge in [0.1, 0.15) is 0 Å². The average molecular weight is 299 g/mol. The highest BCUT2D eigenvalue weighted by molar-refractivity contribution is 5.80. The number of benzene rings is 1. The summed E-state index contributed by atoms with van der Waals surface area (Å²) in [6.07, 6.45) is 2.85. The van der Waals surface area contributed by atoms with Crippen molar-refractivity contribution in [3.63, 3.8) is 0 Å².